The van der Waals surface area contributed by atoms with E-state index in [-0.39, 0.29) is 0 Å². The second-order valence-electron chi connectivity index (χ2n) is 2.72. The molecular weight excluding hydrogens is 160 g/mol. The Kier molecular flexibility index (Phi) is 5.09. The predicted molar refractivity (Wildman–Crippen MR) is 52.2 cm³/mol. The first-order valence-electron chi connectivity index (χ1n) is 4.02. The van der Waals surface area contributed by atoms with Crippen molar-refractivity contribution in [2.24, 2.45) is 0 Å². The highest BCUT2D eigenvalue weighted by molar-refractivity contribution is 6.84. The second-order valence-corrected chi connectivity index (χ2v) is 8.15. The zero-order chi connectivity index (χ0) is 8.04. The van der Waals surface area contributed by atoms with Crippen LogP contribution in [-0.4, -0.2) is 8.07 Å². The van der Waals surface area contributed by atoms with E-state index in [2.05, 4.69) is 26.5 Å². The number of hydrogen-bond donors (Lipinski definition) is 0. The highest BCUT2D eigenvalue weighted by Crippen LogP contribution is 2.21. The molecule has 0 saturated heterocycles. The van der Waals surface area contributed by atoms with Gasteiger partial charge in [-0.1, -0.05) is 56.2 Å². The van der Waals surface area contributed by atoms with Crippen molar-refractivity contribution in [3.8, 4) is 0 Å². The van der Waals surface area contributed by atoms with Gasteiger partial charge in [-0.2, -0.15) is 0 Å². The predicted octanol–water partition coefficient (Wildman–Crippen LogP) is 3.79. The summed E-state index contributed by atoms with van der Waals surface area (Å²) < 4.78 is 0. The van der Waals surface area contributed by atoms with Crippen molar-refractivity contribution in [2.75, 3.05) is 0 Å². The lowest BCUT2D eigenvalue weighted by atomic mass is 10.9. The standard InChI is InChI=1S/C8H17ClSi/c1-4-10(5-2,6-3)8-7-9/h7-8H,4-6H2,1-3H3/b8-7+. The van der Waals surface area contributed by atoms with Crippen LogP contribution in [0.15, 0.2) is 11.2 Å². The van der Waals surface area contributed by atoms with Crippen molar-refractivity contribution in [3.05, 3.63) is 11.2 Å². The van der Waals surface area contributed by atoms with Gasteiger partial charge in [0.2, 0.25) is 0 Å². The maximum Gasteiger partial charge on any atom is 0.0781 e. The Hall–Kier alpha value is 0.247. The number of hydrogen-bond acceptors (Lipinski definition) is 0. The van der Waals surface area contributed by atoms with E-state index in [4.69, 9.17) is 11.6 Å². The maximum absolute atomic E-state index is 5.58. The van der Waals surface area contributed by atoms with Gasteiger partial charge in [0.15, 0.2) is 0 Å². The lowest BCUT2D eigenvalue weighted by Gasteiger charge is -2.22. The SMILES string of the molecule is CC[Si](/C=C/Cl)(CC)CC. The van der Waals surface area contributed by atoms with Gasteiger partial charge in [0.25, 0.3) is 0 Å². The Morgan fingerprint density at radius 1 is 1.10 bits per heavy atom. The summed E-state index contributed by atoms with van der Waals surface area (Å²) in [6, 6.07) is 3.97. The van der Waals surface area contributed by atoms with Gasteiger partial charge in [-0.25, -0.2) is 0 Å². The summed E-state index contributed by atoms with van der Waals surface area (Å²) in [4.78, 5) is 0. The summed E-state index contributed by atoms with van der Waals surface area (Å²) in [6.45, 7) is 6.82. The molecule has 0 spiro atoms. The summed E-state index contributed by atoms with van der Waals surface area (Å²) in [7, 11) is -1.03. The maximum atomic E-state index is 5.58. The van der Waals surface area contributed by atoms with Gasteiger partial charge in [-0.05, 0) is 5.54 Å². The van der Waals surface area contributed by atoms with Crippen LogP contribution in [0.2, 0.25) is 18.1 Å². The van der Waals surface area contributed by atoms with Crippen LogP contribution in [0.3, 0.4) is 0 Å². The van der Waals surface area contributed by atoms with E-state index in [1.54, 1.807) is 5.54 Å². The molecule has 0 bridgehead atoms. The first-order valence-corrected chi connectivity index (χ1v) is 7.16. The van der Waals surface area contributed by atoms with Crippen LogP contribution in [0, 0.1) is 0 Å². The summed E-state index contributed by atoms with van der Waals surface area (Å²) in [5.74, 6) is 0. The van der Waals surface area contributed by atoms with Crippen molar-refractivity contribution in [3.63, 3.8) is 0 Å². The molecule has 0 aromatic heterocycles. The van der Waals surface area contributed by atoms with Crippen LogP contribution in [0.4, 0.5) is 0 Å². The third kappa shape index (κ3) is 2.47. The topological polar surface area (TPSA) is 0 Å². The van der Waals surface area contributed by atoms with E-state index >= 15 is 0 Å². The Morgan fingerprint density at radius 3 is 1.60 bits per heavy atom. The third-order valence-electron chi connectivity index (χ3n) is 2.53. The Labute approximate surface area is 70.3 Å². The van der Waals surface area contributed by atoms with E-state index in [0.29, 0.717) is 0 Å². The normalized spacial score (nSPS) is 12.8. The zero-order valence-electron chi connectivity index (χ0n) is 7.15. The fourth-order valence-electron chi connectivity index (χ4n) is 1.24. The lowest BCUT2D eigenvalue weighted by Crippen LogP contribution is -2.28. The van der Waals surface area contributed by atoms with Gasteiger partial charge in [0.05, 0.1) is 8.07 Å². The molecule has 0 fully saturated rings. The molecule has 0 N–H and O–H groups in total. The molecule has 0 aromatic rings. The van der Waals surface area contributed by atoms with E-state index in [9.17, 15) is 0 Å². The van der Waals surface area contributed by atoms with Crippen molar-refractivity contribution in [1.82, 2.24) is 0 Å². The molecule has 0 aliphatic rings. The van der Waals surface area contributed by atoms with Crippen LogP contribution in [0.25, 0.3) is 0 Å². The molecule has 0 unspecified atom stereocenters. The molecule has 0 aliphatic heterocycles. The van der Waals surface area contributed by atoms with Crippen LogP contribution in [-0.2, 0) is 0 Å². The fraction of sp³-hybridized carbons (Fsp3) is 0.750. The van der Waals surface area contributed by atoms with Crippen molar-refractivity contribution in [2.45, 2.75) is 38.9 Å². The molecule has 0 radical (unpaired) electrons. The van der Waals surface area contributed by atoms with Crippen LogP contribution < -0.4 is 0 Å². The average molecular weight is 177 g/mol. The van der Waals surface area contributed by atoms with Crippen LogP contribution >= 0.6 is 11.6 Å². The quantitative estimate of drug-likeness (QED) is 0.572. The van der Waals surface area contributed by atoms with Crippen LogP contribution in [0.1, 0.15) is 20.8 Å². The van der Waals surface area contributed by atoms with Gasteiger partial charge in [-0.3, -0.25) is 0 Å². The Balaban J connectivity index is 4.15. The largest absolute Gasteiger partial charge is 0.0937 e. The van der Waals surface area contributed by atoms with Gasteiger partial charge in [-0.15, -0.1) is 0 Å². The lowest BCUT2D eigenvalue weighted by molar-refractivity contribution is 1.19. The number of rotatable bonds is 4. The van der Waals surface area contributed by atoms with E-state index in [0.717, 1.165) is 0 Å². The van der Waals surface area contributed by atoms with E-state index in [1.807, 2.05) is 0 Å². The molecule has 60 valence electrons. The summed E-state index contributed by atoms with van der Waals surface area (Å²) in [5.41, 5.74) is 3.97. The van der Waals surface area contributed by atoms with E-state index < -0.39 is 8.07 Å². The minimum atomic E-state index is -1.03. The monoisotopic (exact) mass is 176 g/mol. The Bertz CT molecular complexity index is 97.6. The van der Waals surface area contributed by atoms with Gasteiger partial charge >= 0.3 is 0 Å². The van der Waals surface area contributed by atoms with Crippen molar-refractivity contribution < 1.29 is 0 Å². The molecule has 0 heterocycles. The van der Waals surface area contributed by atoms with E-state index in [1.165, 1.54) is 18.1 Å². The second kappa shape index (κ2) is 4.97. The fourth-order valence-corrected chi connectivity index (χ4v) is 4.51. The third-order valence-corrected chi connectivity index (χ3v) is 7.96. The summed E-state index contributed by atoms with van der Waals surface area (Å²) >= 11 is 5.58. The molecule has 0 amide bonds. The summed E-state index contributed by atoms with van der Waals surface area (Å²) in [5, 5.41) is 0. The molecule has 0 rings (SSSR count). The molecule has 0 aliphatic carbocycles. The minimum Gasteiger partial charge on any atom is -0.0937 e. The molecule has 10 heavy (non-hydrogen) atoms. The molecule has 2 heteroatoms. The zero-order valence-corrected chi connectivity index (χ0v) is 8.91. The molecular formula is C8H17ClSi. The molecule has 0 saturated carbocycles. The summed E-state index contributed by atoms with van der Waals surface area (Å²) in [6.07, 6.45) is 0. The smallest absolute Gasteiger partial charge is 0.0781 e. The Morgan fingerprint density at radius 2 is 1.50 bits per heavy atom. The molecule has 0 nitrogen and oxygen atoms in total. The average Bonchev–Trinajstić information content (AvgIpc) is 2.01. The first-order chi connectivity index (χ1) is 4.74. The van der Waals surface area contributed by atoms with Gasteiger partial charge in [0.1, 0.15) is 0 Å². The minimum absolute atomic E-state index is 1.03. The molecule has 0 atom stereocenters. The molecule has 0 aromatic carbocycles. The van der Waals surface area contributed by atoms with Crippen molar-refractivity contribution in [1.29, 1.82) is 0 Å². The number of halogens is 1. The van der Waals surface area contributed by atoms with Crippen LogP contribution in [0.5, 0.6) is 0 Å². The van der Waals surface area contributed by atoms with Crippen molar-refractivity contribution >= 4 is 19.7 Å². The first kappa shape index (κ1) is 10.2. The highest BCUT2D eigenvalue weighted by atomic mass is 35.5. The highest BCUT2D eigenvalue weighted by Gasteiger charge is 2.22. The van der Waals surface area contributed by atoms with Gasteiger partial charge < -0.3 is 0 Å². The van der Waals surface area contributed by atoms with Gasteiger partial charge in [0, 0.05) is 0 Å².